The predicted octanol–water partition coefficient (Wildman–Crippen LogP) is 6.96. The van der Waals surface area contributed by atoms with Crippen molar-refractivity contribution in [2.75, 3.05) is 6.61 Å². The van der Waals surface area contributed by atoms with Gasteiger partial charge in [-0.2, -0.15) is 0 Å². The molecule has 0 fully saturated rings. The van der Waals surface area contributed by atoms with Gasteiger partial charge < -0.3 is 4.74 Å². The fraction of sp³-hybridized carbons (Fsp3) is 0.696. The van der Waals surface area contributed by atoms with Gasteiger partial charge in [-0.3, -0.25) is 4.79 Å². The minimum absolute atomic E-state index is 0.152. The third-order valence-electron chi connectivity index (χ3n) is 4.19. The number of hydrogen-bond donors (Lipinski definition) is 0. The summed E-state index contributed by atoms with van der Waals surface area (Å²) < 4.78 is 5.60. The van der Waals surface area contributed by atoms with Crippen molar-refractivity contribution >= 4 is 5.78 Å². The van der Waals surface area contributed by atoms with Gasteiger partial charge in [-0.25, -0.2) is 0 Å². The molecule has 0 saturated heterocycles. The summed E-state index contributed by atoms with van der Waals surface area (Å²) in [6.07, 6.45) is 26.0. The number of allylic oxidation sites excluding steroid dienone is 6. The smallest absolute Gasteiger partial charge is 0.158 e. The van der Waals surface area contributed by atoms with Gasteiger partial charge in [-0.15, -0.1) is 0 Å². The molecule has 144 valence electrons. The van der Waals surface area contributed by atoms with Crippen LogP contribution >= 0.6 is 0 Å². The summed E-state index contributed by atoms with van der Waals surface area (Å²) in [5.74, 6) is 0.152. The van der Waals surface area contributed by atoms with Crippen molar-refractivity contribution in [3.63, 3.8) is 0 Å². The van der Waals surface area contributed by atoms with Crippen molar-refractivity contribution in [3.8, 4) is 0 Å². The molecule has 0 saturated carbocycles. The lowest BCUT2D eigenvalue weighted by Crippen LogP contribution is -2.21. The Hall–Kier alpha value is -1.15. The van der Waals surface area contributed by atoms with Crippen molar-refractivity contribution in [1.82, 2.24) is 0 Å². The van der Waals surface area contributed by atoms with Crippen LogP contribution < -0.4 is 0 Å². The third-order valence-corrected chi connectivity index (χ3v) is 4.19. The Balaban J connectivity index is 3.32. The highest BCUT2D eigenvalue weighted by atomic mass is 16.5. The van der Waals surface area contributed by atoms with Crippen LogP contribution in [0.15, 0.2) is 36.5 Å². The van der Waals surface area contributed by atoms with Gasteiger partial charge in [-0.1, -0.05) is 76.0 Å². The maximum absolute atomic E-state index is 11.2. The van der Waals surface area contributed by atoms with Crippen LogP contribution in [0.25, 0.3) is 0 Å². The van der Waals surface area contributed by atoms with Crippen molar-refractivity contribution in [3.05, 3.63) is 36.5 Å². The van der Waals surface area contributed by atoms with Crippen LogP contribution in [0.1, 0.15) is 91.4 Å². The second-order valence-corrected chi connectivity index (χ2v) is 6.58. The Bertz CT molecular complexity index is 380. The number of ether oxygens (including phenoxy) is 1. The first-order chi connectivity index (χ1) is 12.2. The standard InChI is InChI=1S/C23H40O2/c1-4-6-7-8-9-10-11-12-13-14-15-16-17-18-19-20-21-25-23(5-2)22(3)24/h6-7,9-10,12-13,23H,4-5,8,11,14-21H2,1-3H3/b7-6-,10-9-,13-12-. The quantitative estimate of drug-likeness (QED) is 0.210. The Morgan fingerprint density at radius 3 is 1.96 bits per heavy atom. The summed E-state index contributed by atoms with van der Waals surface area (Å²) in [7, 11) is 0. The van der Waals surface area contributed by atoms with Crippen LogP contribution in [-0.2, 0) is 9.53 Å². The van der Waals surface area contributed by atoms with Gasteiger partial charge in [0.2, 0.25) is 0 Å². The lowest BCUT2D eigenvalue weighted by molar-refractivity contribution is -0.128. The van der Waals surface area contributed by atoms with E-state index in [1.54, 1.807) is 6.92 Å². The van der Waals surface area contributed by atoms with E-state index in [9.17, 15) is 4.79 Å². The first-order valence-electron chi connectivity index (χ1n) is 10.3. The zero-order chi connectivity index (χ0) is 18.6. The third kappa shape index (κ3) is 17.5. The highest BCUT2D eigenvalue weighted by Gasteiger charge is 2.10. The van der Waals surface area contributed by atoms with Crippen molar-refractivity contribution < 1.29 is 9.53 Å². The highest BCUT2D eigenvalue weighted by molar-refractivity contribution is 5.80. The number of ketones is 1. The number of rotatable bonds is 17. The molecule has 1 unspecified atom stereocenters. The zero-order valence-electron chi connectivity index (χ0n) is 16.8. The van der Waals surface area contributed by atoms with E-state index in [2.05, 4.69) is 43.4 Å². The second kappa shape index (κ2) is 19.2. The monoisotopic (exact) mass is 348 g/mol. The van der Waals surface area contributed by atoms with Crippen molar-refractivity contribution in [1.29, 1.82) is 0 Å². The summed E-state index contributed by atoms with van der Waals surface area (Å²) in [5, 5.41) is 0. The van der Waals surface area contributed by atoms with Gasteiger partial charge in [0.05, 0.1) is 0 Å². The molecule has 0 N–H and O–H groups in total. The summed E-state index contributed by atoms with van der Waals surface area (Å²) >= 11 is 0. The topological polar surface area (TPSA) is 26.3 Å². The summed E-state index contributed by atoms with van der Waals surface area (Å²) in [6, 6.07) is 0. The molecule has 0 aromatic carbocycles. The summed E-state index contributed by atoms with van der Waals surface area (Å²) in [5.41, 5.74) is 0. The Kier molecular flexibility index (Phi) is 18.3. The number of Topliss-reactive ketones (excluding diaryl/α,β-unsaturated/α-hetero) is 1. The zero-order valence-corrected chi connectivity index (χ0v) is 16.8. The summed E-state index contributed by atoms with van der Waals surface area (Å²) in [4.78, 5) is 11.2. The molecular weight excluding hydrogens is 308 g/mol. The molecule has 0 aromatic heterocycles. The van der Waals surface area contributed by atoms with Gasteiger partial charge in [0.1, 0.15) is 6.10 Å². The lowest BCUT2D eigenvalue weighted by atomic mass is 10.1. The molecule has 0 aliphatic rings. The van der Waals surface area contributed by atoms with Gasteiger partial charge in [-0.05, 0) is 51.9 Å². The molecule has 0 rings (SSSR count). The molecule has 25 heavy (non-hydrogen) atoms. The molecule has 2 nitrogen and oxygen atoms in total. The normalized spacial score (nSPS) is 13.4. The number of hydrogen-bond acceptors (Lipinski definition) is 2. The molecule has 0 aliphatic carbocycles. The van der Waals surface area contributed by atoms with Crippen LogP contribution in [0, 0.1) is 0 Å². The number of unbranched alkanes of at least 4 members (excludes halogenated alkanes) is 6. The van der Waals surface area contributed by atoms with Gasteiger partial charge in [0, 0.05) is 6.61 Å². The molecule has 0 amide bonds. The van der Waals surface area contributed by atoms with Gasteiger partial charge >= 0.3 is 0 Å². The fourth-order valence-electron chi connectivity index (χ4n) is 2.65. The van der Waals surface area contributed by atoms with Crippen LogP contribution in [0.5, 0.6) is 0 Å². The van der Waals surface area contributed by atoms with E-state index in [-0.39, 0.29) is 11.9 Å². The maximum atomic E-state index is 11.2. The first kappa shape index (κ1) is 23.9. The SMILES string of the molecule is CC/C=C\C/C=C\C/C=C\CCCCCCCCOC(CC)C(C)=O. The largest absolute Gasteiger partial charge is 0.370 e. The van der Waals surface area contributed by atoms with E-state index in [1.165, 1.54) is 38.5 Å². The first-order valence-corrected chi connectivity index (χ1v) is 10.3. The van der Waals surface area contributed by atoms with Crippen molar-refractivity contribution in [2.24, 2.45) is 0 Å². The number of carbonyl (C=O) groups excluding carboxylic acids is 1. The Morgan fingerprint density at radius 2 is 1.36 bits per heavy atom. The molecule has 0 heterocycles. The van der Waals surface area contributed by atoms with E-state index in [4.69, 9.17) is 4.74 Å². The van der Waals surface area contributed by atoms with Gasteiger partial charge in [0.25, 0.3) is 0 Å². The molecule has 0 aliphatic heterocycles. The van der Waals surface area contributed by atoms with E-state index >= 15 is 0 Å². The molecule has 0 aromatic rings. The predicted molar refractivity (Wildman–Crippen MR) is 110 cm³/mol. The molecule has 0 bridgehead atoms. The van der Waals surface area contributed by atoms with E-state index in [0.717, 1.165) is 38.7 Å². The Morgan fingerprint density at radius 1 is 0.800 bits per heavy atom. The lowest BCUT2D eigenvalue weighted by Gasteiger charge is -2.12. The van der Waals surface area contributed by atoms with Crippen LogP contribution in [-0.4, -0.2) is 18.5 Å². The molecule has 1 atom stereocenters. The Labute approximate surface area is 156 Å². The van der Waals surface area contributed by atoms with E-state index < -0.39 is 0 Å². The average molecular weight is 349 g/mol. The second-order valence-electron chi connectivity index (χ2n) is 6.58. The minimum atomic E-state index is -0.186. The molecule has 0 radical (unpaired) electrons. The average Bonchev–Trinajstić information content (AvgIpc) is 2.60. The maximum Gasteiger partial charge on any atom is 0.158 e. The van der Waals surface area contributed by atoms with Crippen molar-refractivity contribution in [2.45, 2.75) is 97.5 Å². The molecule has 0 spiro atoms. The van der Waals surface area contributed by atoms with Crippen LogP contribution in [0.3, 0.4) is 0 Å². The van der Waals surface area contributed by atoms with Gasteiger partial charge in [0.15, 0.2) is 5.78 Å². The fourth-order valence-corrected chi connectivity index (χ4v) is 2.65. The molecular formula is C23H40O2. The summed E-state index contributed by atoms with van der Waals surface area (Å²) in [6.45, 7) is 6.50. The highest BCUT2D eigenvalue weighted by Crippen LogP contribution is 2.09. The van der Waals surface area contributed by atoms with Crippen LogP contribution in [0.4, 0.5) is 0 Å². The molecule has 2 heteroatoms. The van der Waals surface area contributed by atoms with E-state index in [1.807, 2.05) is 6.92 Å². The van der Waals surface area contributed by atoms with E-state index in [0.29, 0.717) is 0 Å². The van der Waals surface area contributed by atoms with Crippen LogP contribution in [0.2, 0.25) is 0 Å². The minimum Gasteiger partial charge on any atom is -0.370 e. The number of carbonyl (C=O) groups is 1.